The van der Waals surface area contributed by atoms with E-state index < -0.39 is 10.0 Å². The van der Waals surface area contributed by atoms with E-state index in [2.05, 4.69) is 13.8 Å². The van der Waals surface area contributed by atoms with Gasteiger partial charge in [0.2, 0.25) is 10.0 Å². The number of nitrogens with zero attached hydrogens (tertiary/aromatic N) is 2. The molecular weight excluding hydrogens is 284 g/mol. The van der Waals surface area contributed by atoms with Crippen molar-refractivity contribution in [3.8, 4) is 0 Å². The van der Waals surface area contributed by atoms with Gasteiger partial charge in [-0.1, -0.05) is 26.3 Å². The van der Waals surface area contributed by atoms with Gasteiger partial charge in [0.15, 0.2) is 0 Å². The van der Waals surface area contributed by atoms with Crippen LogP contribution in [0.15, 0.2) is 35.4 Å². The average molecular weight is 306 g/mol. The fourth-order valence-corrected chi connectivity index (χ4v) is 4.76. The number of aromatic nitrogens is 1. The molecule has 2 aromatic heterocycles. The summed E-state index contributed by atoms with van der Waals surface area (Å²) in [7, 11) is -3.39. The number of hydrogen-bond donors (Lipinski definition) is 0. The molecule has 0 saturated carbocycles. The van der Waals surface area contributed by atoms with Crippen LogP contribution in [0, 0.1) is 0 Å². The van der Waals surface area contributed by atoms with Crippen LogP contribution < -0.4 is 0 Å². The number of fused-ring (bicyclic) bond motifs is 1. The molecule has 0 aromatic carbocycles. The molecule has 1 aliphatic rings. The Morgan fingerprint density at radius 2 is 1.81 bits per heavy atom. The van der Waals surface area contributed by atoms with Crippen LogP contribution in [0.2, 0.25) is 0 Å². The van der Waals surface area contributed by atoms with E-state index in [1.165, 1.54) is 0 Å². The summed E-state index contributed by atoms with van der Waals surface area (Å²) in [5, 5.41) is 0. The first-order valence-corrected chi connectivity index (χ1v) is 9.06. The topological polar surface area (TPSA) is 41.8 Å². The molecule has 1 aliphatic heterocycles. The van der Waals surface area contributed by atoms with Gasteiger partial charge < -0.3 is 4.40 Å². The number of rotatable bonds is 3. The highest BCUT2D eigenvalue weighted by atomic mass is 32.2. The summed E-state index contributed by atoms with van der Waals surface area (Å²) in [5.74, 6) is 0.283. The number of piperidine rings is 1. The summed E-state index contributed by atoms with van der Waals surface area (Å²) in [4.78, 5) is 0.453. The highest BCUT2D eigenvalue weighted by molar-refractivity contribution is 7.89. The fourth-order valence-electron chi connectivity index (χ4n) is 3.04. The lowest BCUT2D eigenvalue weighted by atomic mass is 10.1. The SMILES string of the molecule is CC(C)c1cc(S(=O)(=O)N2CCCCC2)c2ccccn12. The molecule has 1 fully saturated rings. The first-order chi connectivity index (χ1) is 10.0. The minimum atomic E-state index is -3.39. The number of pyridine rings is 1. The molecule has 3 heterocycles. The fraction of sp³-hybridized carbons (Fsp3) is 0.500. The van der Waals surface area contributed by atoms with Gasteiger partial charge >= 0.3 is 0 Å². The Morgan fingerprint density at radius 3 is 2.48 bits per heavy atom. The van der Waals surface area contributed by atoms with Gasteiger partial charge in [0, 0.05) is 25.0 Å². The third kappa shape index (κ3) is 2.49. The van der Waals surface area contributed by atoms with Crippen molar-refractivity contribution < 1.29 is 8.42 Å². The van der Waals surface area contributed by atoms with Gasteiger partial charge in [0.05, 0.1) is 5.52 Å². The molecule has 1 saturated heterocycles. The Hall–Kier alpha value is -1.33. The predicted octanol–water partition coefficient (Wildman–Crippen LogP) is 3.24. The van der Waals surface area contributed by atoms with Crippen molar-refractivity contribution in [1.82, 2.24) is 8.71 Å². The van der Waals surface area contributed by atoms with Crippen molar-refractivity contribution in [2.45, 2.75) is 43.9 Å². The van der Waals surface area contributed by atoms with E-state index in [0.29, 0.717) is 18.0 Å². The van der Waals surface area contributed by atoms with Crippen molar-refractivity contribution in [2.75, 3.05) is 13.1 Å². The Kier molecular flexibility index (Phi) is 3.80. The highest BCUT2D eigenvalue weighted by Gasteiger charge is 2.29. The molecule has 3 rings (SSSR count). The molecule has 114 valence electrons. The van der Waals surface area contributed by atoms with Gasteiger partial charge in [-0.2, -0.15) is 4.31 Å². The second-order valence-electron chi connectivity index (χ2n) is 6.01. The zero-order valence-corrected chi connectivity index (χ0v) is 13.4. The lowest BCUT2D eigenvalue weighted by molar-refractivity contribution is 0.347. The molecule has 5 heteroatoms. The maximum atomic E-state index is 12.9. The largest absolute Gasteiger partial charge is 0.319 e. The third-order valence-electron chi connectivity index (χ3n) is 4.19. The van der Waals surface area contributed by atoms with Gasteiger partial charge in [-0.05, 0) is 37.0 Å². The zero-order valence-electron chi connectivity index (χ0n) is 12.6. The van der Waals surface area contributed by atoms with Gasteiger partial charge in [-0.15, -0.1) is 0 Å². The van der Waals surface area contributed by atoms with Gasteiger partial charge in [0.1, 0.15) is 4.90 Å². The summed E-state index contributed by atoms with van der Waals surface area (Å²) in [6.07, 6.45) is 4.99. The van der Waals surface area contributed by atoms with Crippen LogP contribution in [0.1, 0.15) is 44.7 Å². The van der Waals surface area contributed by atoms with Gasteiger partial charge in [-0.3, -0.25) is 0 Å². The number of sulfonamides is 1. The average Bonchev–Trinajstić information content (AvgIpc) is 2.88. The second-order valence-corrected chi connectivity index (χ2v) is 7.92. The standard InChI is InChI=1S/C16H22N2O2S/c1-13(2)15-12-16(14-8-4-7-11-18(14)15)21(19,20)17-9-5-3-6-10-17/h4,7-8,11-13H,3,5-6,9-10H2,1-2H3. The van der Waals surface area contributed by atoms with E-state index in [1.54, 1.807) is 4.31 Å². The Balaban J connectivity index is 2.15. The Morgan fingerprint density at radius 1 is 1.10 bits per heavy atom. The monoisotopic (exact) mass is 306 g/mol. The van der Waals surface area contributed by atoms with Crippen LogP contribution in [0.5, 0.6) is 0 Å². The zero-order chi connectivity index (χ0) is 15.0. The maximum absolute atomic E-state index is 12.9. The van der Waals surface area contributed by atoms with Crippen molar-refractivity contribution >= 4 is 15.5 Å². The van der Waals surface area contributed by atoms with Gasteiger partial charge in [-0.25, -0.2) is 8.42 Å². The molecule has 0 aliphatic carbocycles. The van der Waals surface area contributed by atoms with E-state index >= 15 is 0 Å². The summed E-state index contributed by atoms with van der Waals surface area (Å²) in [6, 6.07) is 7.58. The molecule has 4 nitrogen and oxygen atoms in total. The molecule has 2 aromatic rings. The van der Waals surface area contributed by atoms with Crippen LogP contribution in [-0.4, -0.2) is 30.2 Å². The second kappa shape index (κ2) is 5.46. The highest BCUT2D eigenvalue weighted by Crippen LogP contribution is 2.29. The smallest absolute Gasteiger partial charge is 0.245 e. The van der Waals surface area contributed by atoms with Crippen LogP contribution in [0.4, 0.5) is 0 Å². The Bertz CT molecular complexity index is 741. The third-order valence-corrected chi connectivity index (χ3v) is 6.12. The molecule has 0 atom stereocenters. The molecule has 0 N–H and O–H groups in total. The molecule has 0 unspecified atom stereocenters. The van der Waals surface area contributed by atoms with Crippen molar-refractivity contribution in [2.24, 2.45) is 0 Å². The maximum Gasteiger partial charge on any atom is 0.245 e. The molecule has 0 radical (unpaired) electrons. The van der Waals surface area contributed by atoms with E-state index in [1.807, 2.05) is 34.9 Å². The summed E-state index contributed by atoms with van der Waals surface area (Å²) < 4.78 is 29.5. The van der Waals surface area contributed by atoms with Crippen LogP contribution >= 0.6 is 0 Å². The molecule has 0 bridgehead atoms. The number of hydrogen-bond acceptors (Lipinski definition) is 2. The first-order valence-electron chi connectivity index (χ1n) is 7.62. The molecule has 0 amide bonds. The van der Waals surface area contributed by atoms with Crippen molar-refractivity contribution in [3.05, 3.63) is 36.2 Å². The quantitative estimate of drug-likeness (QED) is 0.873. The first kappa shape index (κ1) is 14.6. The minimum absolute atomic E-state index is 0.283. The normalized spacial score (nSPS) is 17.7. The molecule has 0 spiro atoms. The minimum Gasteiger partial charge on any atom is -0.319 e. The van der Waals surface area contributed by atoms with Crippen LogP contribution in [-0.2, 0) is 10.0 Å². The summed E-state index contributed by atoms with van der Waals surface area (Å²) in [5.41, 5.74) is 1.83. The summed E-state index contributed by atoms with van der Waals surface area (Å²) in [6.45, 7) is 5.46. The lowest BCUT2D eigenvalue weighted by Crippen LogP contribution is -2.35. The van der Waals surface area contributed by atoms with Crippen molar-refractivity contribution in [3.63, 3.8) is 0 Å². The van der Waals surface area contributed by atoms with E-state index in [-0.39, 0.29) is 5.92 Å². The molecular formula is C16H22N2O2S. The van der Waals surface area contributed by atoms with Crippen molar-refractivity contribution in [1.29, 1.82) is 0 Å². The Labute approximate surface area is 126 Å². The van der Waals surface area contributed by atoms with Crippen LogP contribution in [0.3, 0.4) is 0 Å². The van der Waals surface area contributed by atoms with Crippen LogP contribution in [0.25, 0.3) is 5.52 Å². The van der Waals surface area contributed by atoms with Gasteiger partial charge in [0.25, 0.3) is 0 Å². The predicted molar refractivity (Wildman–Crippen MR) is 84.1 cm³/mol. The summed E-state index contributed by atoms with van der Waals surface area (Å²) >= 11 is 0. The van der Waals surface area contributed by atoms with E-state index in [9.17, 15) is 8.42 Å². The van der Waals surface area contributed by atoms with E-state index in [0.717, 1.165) is 30.5 Å². The van der Waals surface area contributed by atoms with E-state index in [4.69, 9.17) is 0 Å². The lowest BCUT2D eigenvalue weighted by Gasteiger charge is -2.25. The molecule has 21 heavy (non-hydrogen) atoms.